The molecule has 0 saturated carbocycles. The molecule has 24 heteroatoms. The van der Waals surface area contributed by atoms with Gasteiger partial charge in [-0.25, -0.2) is 19.7 Å². The van der Waals surface area contributed by atoms with Gasteiger partial charge in [-0.05, 0) is 112 Å². The van der Waals surface area contributed by atoms with Crippen molar-refractivity contribution in [2.75, 3.05) is 44.1 Å². The van der Waals surface area contributed by atoms with Crippen LogP contribution in [-0.4, -0.2) is 125 Å². The molecule has 11 N–H and O–H groups in total. The number of aromatic carboxylic acids is 1. The molecule has 6 aromatic rings. The summed E-state index contributed by atoms with van der Waals surface area (Å²) < 4.78 is 11.1. The lowest BCUT2D eigenvalue weighted by atomic mass is 9.85. The molecule has 7 heterocycles. The van der Waals surface area contributed by atoms with Crippen LogP contribution in [0.1, 0.15) is 143 Å². The number of nitrogens with one attached hydrogen (secondary N) is 7. The molecule has 434 valence electrons. The van der Waals surface area contributed by atoms with Gasteiger partial charge in [-0.15, -0.1) is 0 Å². The number of hydrogen-bond acceptors (Lipinski definition) is 16. The van der Waals surface area contributed by atoms with Gasteiger partial charge in [0, 0.05) is 75.8 Å². The number of Topliss-reactive ketones (excluding diaryl/α,β-unsaturated/α-hetero) is 1. The highest BCUT2D eigenvalue weighted by atomic mass is 16.5. The van der Waals surface area contributed by atoms with E-state index in [-0.39, 0.29) is 122 Å². The number of benzene rings is 1. The number of aliphatic carboxylic acids is 1. The lowest BCUT2D eigenvalue weighted by Crippen LogP contribution is -2.40. The second-order valence-electron chi connectivity index (χ2n) is 20.3. The van der Waals surface area contributed by atoms with Crippen LogP contribution < -0.4 is 32.6 Å². The number of ketones is 1. The Labute approximate surface area is 476 Å². The maximum atomic E-state index is 13.4. The predicted octanol–water partition coefficient (Wildman–Crippen LogP) is 6.52. The van der Waals surface area contributed by atoms with Gasteiger partial charge in [0.25, 0.3) is 11.5 Å². The number of aromatic nitrogens is 8. The second kappa shape index (κ2) is 26.4. The zero-order valence-electron chi connectivity index (χ0n) is 47.0. The number of nitrogens with two attached hydrogens (primary N) is 1. The number of amides is 3. The highest BCUT2D eigenvalue weighted by Gasteiger charge is 2.34. The van der Waals surface area contributed by atoms with Crippen LogP contribution in [0.25, 0.3) is 50.5 Å². The van der Waals surface area contributed by atoms with Crippen molar-refractivity contribution in [1.29, 1.82) is 0 Å². The summed E-state index contributed by atoms with van der Waals surface area (Å²) in [6, 6.07) is 11.3. The van der Waals surface area contributed by atoms with E-state index < -0.39 is 47.7 Å². The molecule has 0 spiro atoms. The van der Waals surface area contributed by atoms with Gasteiger partial charge in [-0.3, -0.25) is 38.7 Å². The molecule has 1 aromatic carbocycles. The summed E-state index contributed by atoms with van der Waals surface area (Å²) in [6.07, 6.45) is 3.67. The zero-order valence-corrected chi connectivity index (χ0v) is 47.0. The summed E-state index contributed by atoms with van der Waals surface area (Å²) in [6.45, 7) is 15.8. The van der Waals surface area contributed by atoms with Crippen LogP contribution in [0.2, 0.25) is 0 Å². The van der Waals surface area contributed by atoms with Crippen molar-refractivity contribution in [3.63, 3.8) is 0 Å². The summed E-state index contributed by atoms with van der Waals surface area (Å²) in [4.78, 5) is 121. The highest BCUT2D eigenvalue weighted by Crippen LogP contribution is 2.43. The lowest BCUT2D eigenvalue weighted by molar-refractivity contribution is -0.136. The molecule has 3 atom stereocenters. The molecule has 0 aliphatic carbocycles. The third-order valence-electron chi connectivity index (χ3n) is 14.8. The Morgan fingerprint density at radius 2 is 1.58 bits per heavy atom. The normalized spacial score (nSPS) is 14.3. The first-order chi connectivity index (χ1) is 39.7. The number of allylic oxidation sites excluding steroid dienone is 2. The van der Waals surface area contributed by atoms with Crippen molar-refractivity contribution in [3.05, 3.63) is 127 Å². The number of rotatable bonds is 25. The quantitative estimate of drug-likeness (QED) is 0.0215. The van der Waals surface area contributed by atoms with Crippen molar-refractivity contribution in [3.8, 4) is 0 Å². The fourth-order valence-corrected chi connectivity index (χ4v) is 10.3. The van der Waals surface area contributed by atoms with Crippen molar-refractivity contribution in [2.24, 2.45) is 0 Å². The summed E-state index contributed by atoms with van der Waals surface area (Å²) in [5.41, 5.74) is 15.6. The van der Waals surface area contributed by atoms with Crippen molar-refractivity contribution < 1.29 is 48.5 Å². The Kier molecular flexibility index (Phi) is 19.0. The minimum absolute atomic E-state index is 0.0453. The van der Waals surface area contributed by atoms with E-state index in [2.05, 4.69) is 57.7 Å². The first-order valence-electron chi connectivity index (χ1n) is 27.2. The van der Waals surface area contributed by atoms with E-state index in [1.165, 1.54) is 13.1 Å². The number of anilines is 2. The molecule has 2 aliphatic heterocycles. The number of H-pyrrole nitrogens is 3. The van der Waals surface area contributed by atoms with Gasteiger partial charge >= 0.3 is 11.9 Å². The molecule has 3 amide bonds. The van der Waals surface area contributed by atoms with E-state index in [0.717, 1.165) is 39.0 Å². The molecule has 2 aliphatic rings. The Morgan fingerprint density at radius 1 is 0.855 bits per heavy atom. The topological polar surface area (TPSA) is 364 Å². The number of hydrogen-bond donors (Lipinski definition) is 10. The lowest BCUT2D eigenvalue weighted by Gasteiger charge is -2.18. The van der Waals surface area contributed by atoms with Gasteiger partial charge in [0.2, 0.25) is 17.8 Å². The molecule has 0 radical (unpaired) electrons. The van der Waals surface area contributed by atoms with Crippen molar-refractivity contribution in [1.82, 2.24) is 55.8 Å². The van der Waals surface area contributed by atoms with E-state index in [9.17, 15) is 43.8 Å². The number of ether oxygens (including phenoxy) is 2. The average molecular weight is 1130 g/mol. The van der Waals surface area contributed by atoms with Crippen LogP contribution in [0.5, 0.6) is 0 Å². The predicted molar refractivity (Wildman–Crippen MR) is 312 cm³/mol. The second-order valence-corrected chi connectivity index (χ2v) is 20.3. The van der Waals surface area contributed by atoms with Crippen LogP contribution in [0.4, 0.5) is 11.6 Å². The fourth-order valence-electron chi connectivity index (χ4n) is 10.3. The number of aromatic amines is 3. The van der Waals surface area contributed by atoms with Crippen LogP contribution in [0, 0.1) is 13.8 Å². The standard InChI is InChI=1S/C59H67N13O11/c1-8-37-29(3)42-23-44-31(5)39(52(68-44)40(22-50(76)77)53-51(58(80)81)32(6)45(69-53)25-47-38(9-2)30(4)43(67-47)24-46(37)66-42)14-16-48(74)61-18-19-82-20-21-83-28-64-49(75)17-15-41(33(7)73)70-56(78)34-10-12-35(13-11-34)62-26-36-27-63-55-54(65-36)57(79)72-59(60)71-55/h8,10-13,23-25,27,31,39,41,62,66,69H,1,9,14-22,26,28H2,2-7H3,(H,61,74)(H,64,75)(H,70,78)(H,76,77)(H,80,81)(H3,60,63,71,72,79). The summed E-state index contributed by atoms with van der Waals surface area (Å²) >= 11 is 0. The van der Waals surface area contributed by atoms with Gasteiger partial charge in [0.05, 0.1) is 78.9 Å². The Bertz CT molecular complexity index is 3810. The summed E-state index contributed by atoms with van der Waals surface area (Å²) in [5.74, 6) is -4.76. The molecule has 8 bridgehead atoms. The number of carboxylic acid groups (broad SMARTS) is 2. The van der Waals surface area contributed by atoms with Gasteiger partial charge in [-0.2, -0.15) is 4.98 Å². The summed E-state index contributed by atoms with van der Waals surface area (Å²) in [7, 11) is 0. The van der Waals surface area contributed by atoms with Crippen molar-refractivity contribution in [2.45, 2.75) is 104 Å². The largest absolute Gasteiger partial charge is 0.481 e. The number of nitrogen functional groups attached to an aromatic ring is 1. The number of nitrogens with zero attached hydrogens (tertiary/aromatic N) is 5. The first-order valence-corrected chi connectivity index (χ1v) is 27.2. The highest BCUT2D eigenvalue weighted by molar-refractivity contribution is 6.03. The minimum atomic E-state index is -1.23. The molecule has 0 saturated heterocycles. The molecule has 24 nitrogen and oxygen atoms in total. The number of carbonyl (C=O) groups excluding carboxylic acids is 4. The maximum Gasteiger partial charge on any atom is 0.338 e. The molecule has 5 aromatic heterocycles. The summed E-state index contributed by atoms with van der Waals surface area (Å²) in [5, 5.41) is 32.3. The van der Waals surface area contributed by atoms with E-state index in [0.29, 0.717) is 46.0 Å². The first kappa shape index (κ1) is 59.7. The van der Waals surface area contributed by atoms with E-state index in [1.54, 1.807) is 37.3 Å². The van der Waals surface area contributed by atoms with E-state index in [4.69, 9.17) is 25.2 Å². The molecular weight excluding hydrogens is 1070 g/mol. The van der Waals surface area contributed by atoms with Gasteiger partial charge in [0.1, 0.15) is 6.73 Å². The molecule has 0 fully saturated rings. The Hall–Kier alpha value is -9.42. The number of aryl methyl sites for hydroxylation is 2. The third-order valence-corrected chi connectivity index (χ3v) is 14.8. The van der Waals surface area contributed by atoms with Crippen LogP contribution in [0.15, 0.2) is 60.0 Å². The van der Waals surface area contributed by atoms with E-state index in [1.807, 2.05) is 45.9 Å². The zero-order chi connectivity index (χ0) is 59.6. The van der Waals surface area contributed by atoms with Gasteiger partial charge in [0.15, 0.2) is 16.9 Å². The van der Waals surface area contributed by atoms with E-state index >= 15 is 0 Å². The molecule has 83 heavy (non-hydrogen) atoms. The molecule has 3 unspecified atom stereocenters. The smallest absolute Gasteiger partial charge is 0.338 e. The number of carboxylic acids is 2. The molecule has 8 rings (SSSR count). The monoisotopic (exact) mass is 1130 g/mol. The number of carbonyl (C=O) groups is 6. The SMILES string of the molecule is C=Cc1c(C)c2cc3nc(c(CC(=O)O)c4[nH]c(cc5nc(cc1[nH]2)C(C)=C5CC)c(C)c4C(=O)O)C(CCC(=O)NCCOCCOCNC(=O)CCC(NC(=O)c1ccc(NCc2cnc4nc(N)[nH]c(=O)c4n2)cc1)C(C)=O)C3C. The number of fused-ring (bicyclic) bond motifs is 9. The van der Waals surface area contributed by atoms with Crippen LogP contribution >= 0.6 is 0 Å². The minimum Gasteiger partial charge on any atom is -0.481 e. The maximum absolute atomic E-state index is 13.4. The van der Waals surface area contributed by atoms with Crippen molar-refractivity contribution >= 4 is 97.5 Å². The fraction of sp³-hybridized carbons (Fsp3) is 0.356. The van der Waals surface area contributed by atoms with Crippen LogP contribution in [0.3, 0.4) is 0 Å². The Balaban J connectivity index is 0.810. The average Bonchev–Trinajstić information content (AvgIpc) is 3.98. The Morgan fingerprint density at radius 3 is 2.29 bits per heavy atom. The molecular formula is C59H67N13O11. The van der Waals surface area contributed by atoms with Gasteiger partial charge < -0.3 is 56.7 Å². The van der Waals surface area contributed by atoms with Gasteiger partial charge in [-0.1, -0.05) is 26.5 Å². The van der Waals surface area contributed by atoms with Crippen LogP contribution in [-0.2, 0) is 41.6 Å². The third kappa shape index (κ3) is 14.0.